The Labute approximate surface area is 145 Å². The Morgan fingerprint density at radius 3 is 2.00 bits per heavy atom. The maximum Gasteiger partial charge on any atom is 0.487 e. The van der Waals surface area contributed by atoms with E-state index in [9.17, 15) is 4.79 Å². The SMILES string of the molecule is CC(C)(C)OC(=O)c1ccc(/C=C/B2OC(C)(C)C(C)(C)O2)cc1. The molecule has 0 saturated carbocycles. The van der Waals surface area contributed by atoms with E-state index in [1.165, 1.54) is 0 Å². The zero-order valence-corrected chi connectivity index (χ0v) is 15.7. The average Bonchev–Trinajstić information content (AvgIpc) is 2.63. The zero-order valence-electron chi connectivity index (χ0n) is 15.7. The van der Waals surface area contributed by atoms with Gasteiger partial charge in [-0.3, -0.25) is 0 Å². The largest absolute Gasteiger partial charge is 0.487 e. The van der Waals surface area contributed by atoms with E-state index in [4.69, 9.17) is 14.0 Å². The molecule has 1 aliphatic rings. The van der Waals surface area contributed by atoms with Gasteiger partial charge in [-0.15, -0.1) is 0 Å². The third kappa shape index (κ3) is 4.49. The Hall–Kier alpha value is -1.59. The van der Waals surface area contributed by atoms with Crippen LogP contribution in [-0.4, -0.2) is 29.9 Å². The van der Waals surface area contributed by atoms with Crippen molar-refractivity contribution >= 4 is 19.2 Å². The Bertz CT molecular complexity index is 608. The van der Waals surface area contributed by atoms with Crippen LogP contribution in [0.5, 0.6) is 0 Å². The van der Waals surface area contributed by atoms with Gasteiger partial charge in [0.1, 0.15) is 5.60 Å². The molecule has 5 heteroatoms. The van der Waals surface area contributed by atoms with Gasteiger partial charge in [0.05, 0.1) is 16.8 Å². The van der Waals surface area contributed by atoms with E-state index in [-0.39, 0.29) is 24.3 Å². The van der Waals surface area contributed by atoms with Crippen molar-refractivity contribution in [3.63, 3.8) is 0 Å². The summed E-state index contributed by atoms with van der Waals surface area (Å²) >= 11 is 0. The minimum absolute atomic E-state index is 0.316. The molecule has 130 valence electrons. The number of hydrogen-bond acceptors (Lipinski definition) is 4. The molecular weight excluding hydrogens is 303 g/mol. The van der Waals surface area contributed by atoms with Gasteiger partial charge < -0.3 is 14.0 Å². The predicted molar refractivity (Wildman–Crippen MR) is 96.7 cm³/mol. The smallest absolute Gasteiger partial charge is 0.456 e. The van der Waals surface area contributed by atoms with Crippen molar-refractivity contribution in [3.05, 3.63) is 41.4 Å². The van der Waals surface area contributed by atoms with Crippen molar-refractivity contribution in [2.24, 2.45) is 0 Å². The van der Waals surface area contributed by atoms with Crippen LogP contribution in [0.15, 0.2) is 30.2 Å². The van der Waals surface area contributed by atoms with Crippen LogP contribution in [-0.2, 0) is 14.0 Å². The van der Waals surface area contributed by atoms with Gasteiger partial charge in [0.25, 0.3) is 0 Å². The molecule has 0 aromatic heterocycles. The average molecular weight is 330 g/mol. The Balaban J connectivity index is 2.01. The number of rotatable bonds is 3. The van der Waals surface area contributed by atoms with Gasteiger partial charge in [0.15, 0.2) is 0 Å². The zero-order chi connectivity index (χ0) is 18.2. The van der Waals surface area contributed by atoms with Crippen LogP contribution in [0.4, 0.5) is 0 Å². The fourth-order valence-electron chi connectivity index (χ4n) is 2.22. The Morgan fingerprint density at radius 2 is 1.54 bits per heavy atom. The summed E-state index contributed by atoms with van der Waals surface area (Å²) in [7, 11) is -0.375. The minimum Gasteiger partial charge on any atom is -0.456 e. The van der Waals surface area contributed by atoms with Crippen molar-refractivity contribution in [1.29, 1.82) is 0 Å². The maximum atomic E-state index is 12.0. The summed E-state index contributed by atoms with van der Waals surface area (Å²) in [6.07, 6.45) is 1.93. The highest BCUT2D eigenvalue weighted by molar-refractivity contribution is 6.52. The van der Waals surface area contributed by atoms with Crippen LogP contribution >= 0.6 is 0 Å². The van der Waals surface area contributed by atoms with Gasteiger partial charge in [-0.1, -0.05) is 24.2 Å². The summed E-state index contributed by atoms with van der Waals surface area (Å²) in [4.78, 5) is 12.0. The van der Waals surface area contributed by atoms with E-state index in [1.54, 1.807) is 12.1 Å². The van der Waals surface area contributed by atoms with Crippen molar-refractivity contribution in [2.45, 2.75) is 65.3 Å². The lowest BCUT2D eigenvalue weighted by molar-refractivity contribution is 0.00578. The molecule has 2 rings (SSSR count). The molecular formula is C19H27BO4. The molecule has 0 unspecified atom stereocenters. The van der Waals surface area contributed by atoms with Crippen LogP contribution in [0.3, 0.4) is 0 Å². The lowest BCUT2D eigenvalue weighted by atomic mass is 9.89. The van der Waals surface area contributed by atoms with Gasteiger partial charge in [-0.25, -0.2) is 4.79 Å². The first-order valence-electron chi connectivity index (χ1n) is 8.27. The molecule has 0 radical (unpaired) electrons. The number of benzene rings is 1. The van der Waals surface area contributed by atoms with Crippen LogP contribution in [0.2, 0.25) is 0 Å². The standard InChI is InChI=1S/C19H27BO4/c1-17(2,3)22-16(21)15-10-8-14(9-11-15)12-13-20-23-18(4,5)19(6,7)24-20/h8-13H,1-7H3/b13-12+. The van der Waals surface area contributed by atoms with Crippen molar-refractivity contribution in [1.82, 2.24) is 0 Å². The first kappa shape index (κ1) is 18.7. The van der Waals surface area contributed by atoms with Gasteiger partial charge >= 0.3 is 13.1 Å². The molecule has 0 amide bonds. The second kappa shape index (κ2) is 6.38. The molecule has 1 saturated heterocycles. The molecule has 24 heavy (non-hydrogen) atoms. The molecule has 1 heterocycles. The fraction of sp³-hybridized carbons (Fsp3) is 0.526. The number of ether oxygens (including phenoxy) is 1. The van der Waals surface area contributed by atoms with Crippen molar-refractivity contribution in [3.8, 4) is 0 Å². The molecule has 1 aromatic rings. The minimum atomic E-state index is -0.494. The first-order chi connectivity index (χ1) is 10.9. The molecule has 0 atom stereocenters. The highest BCUT2D eigenvalue weighted by atomic mass is 16.7. The second-order valence-corrected chi connectivity index (χ2v) is 8.11. The van der Waals surface area contributed by atoms with E-state index < -0.39 is 5.60 Å². The second-order valence-electron chi connectivity index (χ2n) is 8.11. The Kier molecular flexibility index (Phi) is 4.98. The van der Waals surface area contributed by atoms with E-state index in [0.29, 0.717) is 5.56 Å². The summed E-state index contributed by atoms with van der Waals surface area (Å²) in [6, 6.07) is 7.28. The van der Waals surface area contributed by atoms with Crippen molar-refractivity contribution in [2.75, 3.05) is 0 Å². The predicted octanol–water partition coefficient (Wildman–Crippen LogP) is 4.29. The third-order valence-electron chi connectivity index (χ3n) is 4.26. The molecule has 4 nitrogen and oxygen atoms in total. The molecule has 1 aliphatic heterocycles. The first-order valence-corrected chi connectivity index (χ1v) is 8.27. The van der Waals surface area contributed by atoms with E-state index in [1.807, 2.05) is 72.7 Å². The lowest BCUT2D eigenvalue weighted by Gasteiger charge is -2.32. The topological polar surface area (TPSA) is 44.8 Å². The molecule has 0 N–H and O–H groups in total. The third-order valence-corrected chi connectivity index (χ3v) is 4.26. The van der Waals surface area contributed by atoms with Gasteiger partial charge in [-0.2, -0.15) is 0 Å². The summed E-state index contributed by atoms with van der Waals surface area (Å²) in [5.41, 5.74) is 0.326. The molecule has 0 spiro atoms. The number of carbonyl (C=O) groups is 1. The number of carbonyl (C=O) groups excluding carboxylic acids is 1. The van der Waals surface area contributed by atoms with Crippen LogP contribution < -0.4 is 0 Å². The van der Waals surface area contributed by atoms with Crippen LogP contribution in [0.25, 0.3) is 6.08 Å². The molecule has 1 fully saturated rings. The summed E-state index contributed by atoms with van der Waals surface area (Å²) in [5.74, 6) is 1.57. The van der Waals surface area contributed by atoms with Gasteiger partial charge in [-0.05, 0) is 66.2 Å². The van der Waals surface area contributed by atoms with Crippen molar-refractivity contribution < 1.29 is 18.8 Å². The normalized spacial score (nSPS) is 19.7. The maximum absolute atomic E-state index is 12.0. The fourth-order valence-corrected chi connectivity index (χ4v) is 2.22. The number of hydrogen-bond donors (Lipinski definition) is 0. The van der Waals surface area contributed by atoms with Gasteiger partial charge in [0, 0.05) is 0 Å². The lowest BCUT2D eigenvalue weighted by Crippen LogP contribution is -2.41. The monoisotopic (exact) mass is 330 g/mol. The summed E-state index contributed by atoms with van der Waals surface area (Å²) in [5, 5.41) is 0. The van der Waals surface area contributed by atoms with Crippen LogP contribution in [0, 0.1) is 0 Å². The molecule has 1 aromatic carbocycles. The highest BCUT2D eigenvalue weighted by Gasteiger charge is 2.49. The number of esters is 1. The highest BCUT2D eigenvalue weighted by Crippen LogP contribution is 2.37. The summed E-state index contributed by atoms with van der Waals surface area (Å²) in [6.45, 7) is 13.7. The van der Waals surface area contributed by atoms with E-state index in [0.717, 1.165) is 5.56 Å². The van der Waals surface area contributed by atoms with Crippen LogP contribution in [0.1, 0.15) is 64.4 Å². The molecule has 0 aliphatic carbocycles. The van der Waals surface area contributed by atoms with E-state index in [2.05, 4.69) is 0 Å². The molecule has 0 bridgehead atoms. The Morgan fingerprint density at radius 1 is 1.04 bits per heavy atom. The van der Waals surface area contributed by atoms with Gasteiger partial charge in [0.2, 0.25) is 0 Å². The van der Waals surface area contributed by atoms with E-state index >= 15 is 0 Å². The summed E-state index contributed by atoms with van der Waals surface area (Å²) < 4.78 is 17.2. The quantitative estimate of drug-likeness (QED) is 0.613.